The number of amides is 2. The molecule has 2 atom stereocenters. The Hall–Kier alpha value is -2.37. The summed E-state index contributed by atoms with van der Waals surface area (Å²) in [6.07, 6.45) is -0.114. The van der Waals surface area contributed by atoms with Crippen LogP contribution in [0.5, 0.6) is 0 Å². The predicted molar refractivity (Wildman–Crippen MR) is 111 cm³/mol. The highest BCUT2D eigenvalue weighted by atomic mass is 16.3. The summed E-state index contributed by atoms with van der Waals surface area (Å²) in [4.78, 5) is 14.3. The number of urea groups is 1. The number of aliphatic hydroxyl groups excluding tert-OH is 1. The fraction of sp³-hybridized carbons (Fsp3) is 0.409. The van der Waals surface area contributed by atoms with E-state index in [4.69, 9.17) is 0 Å². The molecule has 0 saturated heterocycles. The largest absolute Gasteiger partial charge is 0.390 e. The Balaban J connectivity index is 2.05. The van der Waals surface area contributed by atoms with E-state index in [1.54, 1.807) is 11.9 Å². The van der Waals surface area contributed by atoms with Crippen molar-refractivity contribution in [2.75, 3.05) is 25.0 Å². The molecule has 0 aliphatic heterocycles. The van der Waals surface area contributed by atoms with Crippen molar-refractivity contribution in [3.8, 4) is 0 Å². The first-order chi connectivity index (χ1) is 13.0. The van der Waals surface area contributed by atoms with Crippen LogP contribution in [0.4, 0.5) is 10.5 Å². The number of anilines is 1. The molecule has 0 spiro atoms. The van der Waals surface area contributed by atoms with E-state index in [1.807, 2.05) is 60.7 Å². The number of aliphatic hydroxyl groups is 1. The quantitative estimate of drug-likeness (QED) is 0.637. The van der Waals surface area contributed by atoms with Gasteiger partial charge in [-0.25, -0.2) is 4.79 Å². The van der Waals surface area contributed by atoms with Crippen molar-refractivity contribution in [3.05, 3.63) is 66.2 Å². The average Bonchev–Trinajstić information content (AvgIpc) is 2.68. The molecule has 0 aromatic heterocycles. The van der Waals surface area contributed by atoms with Crippen LogP contribution in [0.1, 0.15) is 19.4 Å². The van der Waals surface area contributed by atoms with Crippen molar-refractivity contribution >= 4 is 11.7 Å². The Labute approximate surface area is 162 Å². The lowest BCUT2D eigenvalue weighted by atomic mass is 10.0. The maximum atomic E-state index is 12.7. The van der Waals surface area contributed by atoms with Crippen LogP contribution in [0.15, 0.2) is 60.7 Å². The Bertz CT molecular complexity index is 676. The van der Waals surface area contributed by atoms with Crippen LogP contribution in [0.2, 0.25) is 0 Å². The summed E-state index contributed by atoms with van der Waals surface area (Å²) in [5, 5.41) is 17.0. The minimum Gasteiger partial charge on any atom is -0.390 e. The molecule has 2 aromatic carbocycles. The van der Waals surface area contributed by atoms with Crippen LogP contribution in [-0.4, -0.2) is 43.4 Å². The van der Waals surface area contributed by atoms with E-state index in [0.717, 1.165) is 17.8 Å². The zero-order valence-corrected chi connectivity index (χ0v) is 16.4. The maximum Gasteiger partial charge on any atom is 0.321 e. The van der Waals surface area contributed by atoms with Crippen molar-refractivity contribution in [3.63, 3.8) is 0 Å². The fourth-order valence-electron chi connectivity index (χ4n) is 2.84. The van der Waals surface area contributed by atoms with Gasteiger partial charge in [0.15, 0.2) is 0 Å². The summed E-state index contributed by atoms with van der Waals surface area (Å²) < 4.78 is 0. The molecule has 0 heterocycles. The Morgan fingerprint density at radius 2 is 1.59 bits per heavy atom. The first-order valence-corrected chi connectivity index (χ1v) is 9.49. The van der Waals surface area contributed by atoms with Crippen LogP contribution in [0.25, 0.3) is 0 Å². The zero-order valence-electron chi connectivity index (χ0n) is 16.4. The Morgan fingerprint density at radius 3 is 2.19 bits per heavy atom. The fourth-order valence-corrected chi connectivity index (χ4v) is 2.84. The molecule has 0 bridgehead atoms. The molecule has 0 saturated carbocycles. The number of hydrogen-bond acceptors (Lipinski definition) is 3. The predicted octanol–water partition coefficient (Wildman–Crippen LogP) is 3.05. The van der Waals surface area contributed by atoms with E-state index in [2.05, 4.69) is 24.5 Å². The average molecular weight is 370 g/mol. The molecule has 146 valence electrons. The molecule has 2 amide bonds. The van der Waals surface area contributed by atoms with E-state index < -0.39 is 6.10 Å². The highest BCUT2D eigenvalue weighted by molar-refractivity contribution is 5.91. The number of nitrogens with zero attached hydrogens (tertiary/aromatic N) is 1. The normalized spacial score (nSPS) is 13.2. The van der Waals surface area contributed by atoms with Gasteiger partial charge in [0.25, 0.3) is 0 Å². The molecular weight excluding hydrogens is 338 g/mol. The first-order valence-electron chi connectivity index (χ1n) is 9.49. The molecule has 2 rings (SSSR count). The Morgan fingerprint density at radius 1 is 1.00 bits per heavy atom. The lowest BCUT2D eigenvalue weighted by Gasteiger charge is -2.28. The SMILES string of the molecule is CC(C)CNCC(O)C(Cc1ccccc1)NC(=O)N(C)c1ccccc1. The van der Waals surface area contributed by atoms with Gasteiger partial charge in [0.1, 0.15) is 0 Å². The summed E-state index contributed by atoms with van der Waals surface area (Å²) >= 11 is 0. The van der Waals surface area contributed by atoms with Crippen molar-refractivity contribution in [2.24, 2.45) is 5.92 Å². The van der Waals surface area contributed by atoms with Gasteiger partial charge in [-0.2, -0.15) is 0 Å². The minimum atomic E-state index is -0.683. The summed E-state index contributed by atoms with van der Waals surface area (Å²) in [7, 11) is 1.73. The van der Waals surface area contributed by atoms with Gasteiger partial charge in [-0.05, 0) is 36.6 Å². The van der Waals surface area contributed by atoms with Crippen LogP contribution in [0, 0.1) is 5.92 Å². The molecule has 5 heteroatoms. The molecule has 2 aromatic rings. The highest BCUT2D eigenvalue weighted by Crippen LogP contribution is 2.12. The second-order valence-electron chi connectivity index (χ2n) is 7.26. The summed E-state index contributed by atoms with van der Waals surface area (Å²) in [6, 6.07) is 18.8. The smallest absolute Gasteiger partial charge is 0.321 e. The number of carbonyl (C=O) groups is 1. The standard InChI is InChI=1S/C22H31N3O2/c1-17(2)15-23-16-21(26)20(14-18-10-6-4-7-11-18)24-22(27)25(3)19-12-8-5-9-13-19/h4-13,17,20-21,23,26H,14-16H2,1-3H3,(H,24,27). The molecule has 3 N–H and O–H groups in total. The number of hydrogen-bond donors (Lipinski definition) is 3. The van der Waals surface area contributed by atoms with Gasteiger partial charge in [-0.15, -0.1) is 0 Å². The second-order valence-corrected chi connectivity index (χ2v) is 7.26. The van der Waals surface area contributed by atoms with Crippen molar-refractivity contribution in [1.82, 2.24) is 10.6 Å². The molecule has 0 radical (unpaired) electrons. The van der Waals surface area contributed by atoms with Gasteiger partial charge >= 0.3 is 6.03 Å². The molecule has 0 aliphatic rings. The van der Waals surface area contributed by atoms with Crippen molar-refractivity contribution in [1.29, 1.82) is 0 Å². The molecule has 2 unspecified atom stereocenters. The monoisotopic (exact) mass is 369 g/mol. The van der Waals surface area contributed by atoms with E-state index in [1.165, 1.54) is 0 Å². The van der Waals surface area contributed by atoms with Gasteiger partial charge in [-0.3, -0.25) is 4.90 Å². The van der Waals surface area contributed by atoms with E-state index in [-0.39, 0.29) is 12.1 Å². The molecule has 27 heavy (non-hydrogen) atoms. The number of benzene rings is 2. The van der Waals surface area contributed by atoms with Gasteiger partial charge < -0.3 is 15.7 Å². The summed E-state index contributed by atoms with van der Waals surface area (Å²) in [5.74, 6) is 0.503. The maximum absolute atomic E-state index is 12.7. The summed E-state index contributed by atoms with van der Waals surface area (Å²) in [6.45, 7) is 5.51. The van der Waals surface area contributed by atoms with Gasteiger partial charge in [0, 0.05) is 19.3 Å². The van der Waals surface area contributed by atoms with Crippen LogP contribution >= 0.6 is 0 Å². The van der Waals surface area contributed by atoms with Crippen LogP contribution in [-0.2, 0) is 6.42 Å². The third kappa shape index (κ3) is 7.04. The number of nitrogens with one attached hydrogen (secondary N) is 2. The van der Waals surface area contributed by atoms with Crippen molar-refractivity contribution < 1.29 is 9.90 Å². The lowest BCUT2D eigenvalue weighted by molar-refractivity contribution is 0.127. The highest BCUT2D eigenvalue weighted by Gasteiger charge is 2.23. The van der Waals surface area contributed by atoms with E-state index >= 15 is 0 Å². The van der Waals surface area contributed by atoms with Crippen molar-refractivity contribution in [2.45, 2.75) is 32.4 Å². The topological polar surface area (TPSA) is 64.6 Å². The van der Waals surface area contributed by atoms with Crippen LogP contribution < -0.4 is 15.5 Å². The second kappa shape index (κ2) is 10.7. The van der Waals surface area contributed by atoms with Crippen LogP contribution in [0.3, 0.4) is 0 Å². The van der Waals surface area contributed by atoms with Gasteiger partial charge in [0.05, 0.1) is 12.1 Å². The third-order valence-electron chi connectivity index (χ3n) is 4.43. The minimum absolute atomic E-state index is 0.231. The lowest BCUT2D eigenvalue weighted by Crippen LogP contribution is -2.52. The zero-order chi connectivity index (χ0) is 19.6. The molecule has 0 aliphatic carbocycles. The molecule has 0 fully saturated rings. The molecular formula is C22H31N3O2. The third-order valence-corrected chi connectivity index (χ3v) is 4.43. The number of para-hydroxylation sites is 1. The summed E-state index contributed by atoms with van der Waals surface area (Å²) in [5.41, 5.74) is 1.88. The molecule has 5 nitrogen and oxygen atoms in total. The van der Waals surface area contributed by atoms with Gasteiger partial charge in [0.2, 0.25) is 0 Å². The Kier molecular flexibility index (Phi) is 8.30. The number of carbonyl (C=O) groups excluding carboxylic acids is 1. The first kappa shape index (κ1) is 20.9. The van der Waals surface area contributed by atoms with Gasteiger partial charge in [-0.1, -0.05) is 62.4 Å². The van der Waals surface area contributed by atoms with E-state index in [9.17, 15) is 9.90 Å². The number of rotatable bonds is 9. The van der Waals surface area contributed by atoms with E-state index in [0.29, 0.717) is 18.9 Å².